The van der Waals surface area contributed by atoms with Crippen LogP contribution in [-0.4, -0.2) is 34.6 Å². The van der Waals surface area contributed by atoms with Gasteiger partial charge in [-0.3, -0.25) is 9.69 Å². The van der Waals surface area contributed by atoms with E-state index in [1.54, 1.807) is 0 Å². The van der Waals surface area contributed by atoms with E-state index in [9.17, 15) is 9.90 Å². The normalized spacial score (nSPS) is 20.9. The van der Waals surface area contributed by atoms with Crippen molar-refractivity contribution < 1.29 is 9.90 Å². The molecule has 2 atom stereocenters. The van der Waals surface area contributed by atoms with Gasteiger partial charge >= 0.3 is 0 Å². The van der Waals surface area contributed by atoms with Gasteiger partial charge in [0.25, 0.3) is 0 Å². The molecule has 0 bridgehead atoms. The SMILES string of the molecule is CC(=O)Nc1ccccc1CN1CCCC1CC(C)O. The highest BCUT2D eigenvalue weighted by atomic mass is 16.3. The summed E-state index contributed by atoms with van der Waals surface area (Å²) in [5.74, 6) is -0.0422. The standard InChI is InChI=1S/C16H24N2O2/c1-12(19)10-15-7-5-9-18(15)11-14-6-3-4-8-16(14)17-13(2)20/h3-4,6,8,12,15,19H,5,7,9-11H2,1-2H3,(H,17,20). The summed E-state index contributed by atoms with van der Waals surface area (Å²) in [6.07, 6.45) is 2.89. The second kappa shape index (κ2) is 6.86. The molecule has 0 radical (unpaired) electrons. The fourth-order valence-electron chi connectivity index (χ4n) is 2.95. The quantitative estimate of drug-likeness (QED) is 0.868. The summed E-state index contributed by atoms with van der Waals surface area (Å²) in [5, 5.41) is 12.5. The van der Waals surface area contributed by atoms with Crippen LogP contribution in [0.3, 0.4) is 0 Å². The number of anilines is 1. The Morgan fingerprint density at radius 1 is 1.50 bits per heavy atom. The third-order valence-electron chi connectivity index (χ3n) is 3.81. The lowest BCUT2D eigenvalue weighted by molar-refractivity contribution is -0.114. The van der Waals surface area contributed by atoms with E-state index in [1.807, 2.05) is 25.1 Å². The summed E-state index contributed by atoms with van der Waals surface area (Å²) in [6, 6.07) is 8.38. The molecule has 1 aromatic carbocycles. The van der Waals surface area contributed by atoms with Crippen molar-refractivity contribution >= 4 is 11.6 Å². The zero-order chi connectivity index (χ0) is 14.5. The number of hydrogen-bond donors (Lipinski definition) is 2. The largest absolute Gasteiger partial charge is 0.393 e. The van der Waals surface area contributed by atoms with Gasteiger partial charge in [0.2, 0.25) is 5.91 Å². The highest BCUT2D eigenvalue weighted by Gasteiger charge is 2.26. The summed E-state index contributed by atoms with van der Waals surface area (Å²) in [5.41, 5.74) is 2.03. The monoisotopic (exact) mass is 276 g/mol. The number of likely N-dealkylation sites (tertiary alicyclic amines) is 1. The van der Waals surface area contributed by atoms with Crippen LogP contribution in [0, 0.1) is 0 Å². The first-order chi connectivity index (χ1) is 9.56. The molecule has 2 N–H and O–H groups in total. The fraction of sp³-hybridized carbons (Fsp3) is 0.562. The molecule has 0 spiro atoms. The van der Waals surface area contributed by atoms with Crippen LogP contribution in [0.15, 0.2) is 24.3 Å². The minimum Gasteiger partial charge on any atom is -0.393 e. The van der Waals surface area contributed by atoms with Crippen LogP contribution in [0.1, 0.15) is 38.7 Å². The number of rotatable bonds is 5. The molecule has 4 heteroatoms. The Balaban J connectivity index is 2.07. The Hall–Kier alpha value is -1.39. The van der Waals surface area contributed by atoms with Crippen molar-refractivity contribution in [3.63, 3.8) is 0 Å². The number of benzene rings is 1. The molecule has 1 heterocycles. The van der Waals surface area contributed by atoms with Crippen molar-refractivity contribution in [1.29, 1.82) is 0 Å². The van der Waals surface area contributed by atoms with Crippen LogP contribution in [0.25, 0.3) is 0 Å². The number of carbonyl (C=O) groups is 1. The molecular formula is C16H24N2O2. The van der Waals surface area contributed by atoms with Gasteiger partial charge in [0.05, 0.1) is 6.10 Å². The molecule has 0 saturated carbocycles. The maximum atomic E-state index is 11.3. The number of para-hydroxylation sites is 1. The van der Waals surface area contributed by atoms with Crippen LogP contribution in [0.2, 0.25) is 0 Å². The molecule has 4 nitrogen and oxygen atoms in total. The van der Waals surface area contributed by atoms with E-state index in [0.29, 0.717) is 6.04 Å². The molecule has 20 heavy (non-hydrogen) atoms. The van der Waals surface area contributed by atoms with Crippen LogP contribution >= 0.6 is 0 Å². The van der Waals surface area contributed by atoms with Gasteiger partial charge in [-0.15, -0.1) is 0 Å². The molecule has 1 aliphatic heterocycles. The zero-order valence-electron chi connectivity index (χ0n) is 12.3. The van der Waals surface area contributed by atoms with Gasteiger partial charge in [-0.05, 0) is 44.4 Å². The third kappa shape index (κ3) is 4.05. The number of nitrogens with one attached hydrogen (secondary N) is 1. The van der Waals surface area contributed by atoms with E-state index < -0.39 is 0 Å². The number of aliphatic hydroxyl groups is 1. The van der Waals surface area contributed by atoms with E-state index in [2.05, 4.69) is 16.3 Å². The summed E-state index contributed by atoms with van der Waals surface area (Å²) >= 11 is 0. The van der Waals surface area contributed by atoms with E-state index in [4.69, 9.17) is 0 Å². The molecular weight excluding hydrogens is 252 g/mol. The molecule has 0 aromatic heterocycles. The fourth-order valence-corrected chi connectivity index (χ4v) is 2.95. The number of aliphatic hydroxyl groups excluding tert-OH is 1. The van der Waals surface area contributed by atoms with Crippen LogP contribution < -0.4 is 5.32 Å². The molecule has 110 valence electrons. The minimum absolute atomic E-state index is 0.0422. The lowest BCUT2D eigenvalue weighted by Gasteiger charge is -2.26. The van der Waals surface area contributed by atoms with Gasteiger partial charge in [0.15, 0.2) is 0 Å². The Labute approximate surface area is 120 Å². The zero-order valence-corrected chi connectivity index (χ0v) is 12.3. The molecule has 1 aliphatic rings. The number of nitrogens with zero attached hydrogens (tertiary/aromatic N) is 1. The predicted molar refractivity (Wildman–Crippen MR) is 80.5 cm³/mol. The molecule has 1 saturated heterocycles. The number of hydrogen-bond acceptors (Lipinski definition) is 3. The van der Waals surface area contributed by atoms with E-state index in [-0.39, 0.29) is 12.0 Å². The lowest BCUT2D eigenvalue weighted by Crippen LogP contribution is -2.31. The third-order valence-corrected chi connectivity index (χ3v) is 3.81. The van der Waals surface area contributed by atoms with Gasteiger partial charge in [0.1, 0.15) is 0 Å². The second-order valence-electron chi connectivity index (χ2n) is 5.69. The summed E-state index contributed by atoms with van der Waals surface area (Å²) in [7, 11) is 0. The van der Waals surface area contributed by atoms with Crippen LogP contribution in [-0.2, 0) is 11.3 Å². The van der Waals surface area contributed by atoms with E-state index in [1.165, 1.54) is 13.3 Å². The maximum Gasteiger partial charge on any atom is 0.221 e. The molecule has 2 rings (SSSR count). The molecule has 2 unspecified atom stereocenters. The van der Waals surface area contributed by atoms with Crippen molar-refractivity contribution in [2.45, 2.75) is 51.8 Å². The van der Waals surface area contributed by atoms with Gasteiger partial charge in [-0.25, -0.2) is 0 Å². The van der Waals surface area contributed by atoms with E-state index >= 15 is 0 Å². The molecule has 1 aromatic rings. The van der Waals surface area contributed by atoms with Gasteiger partial charge in [-0.1, -0.05) is 18.2 Å². The average molecular weight is 276 g/mol. The Kier molecular flexibility index (Phi) is 5.15. The van der Waals surface area contributed by atoms with Gasteiger partial charge in [-0.2, -0.15) is 0 Å². The van der Waals surface area contributed by atoms with Crippen molar-refractivity contribution in [1.82, 2.24) is 4.90 Å². The van der Waals surface area contributed by atoms with Crippen molar-refractivity contribution in [3.8, 4) is 0 Å². The van der Waals surface area contributed by atoms with E-state index in [0.717, 1.165) is 37.2 Å². The highest BCUT2D eigenvalue weighted by Crippen LogP contribution is 2.26. The predicted octanol–water partition coefficient (Wildman–Crippen LogP) is 2.38. The summed E-state index contributed by atoms with van der Waals surface area (Å²) in [4.78, 5) is 13.7. The first kappa shape index (κ1) is 15.0. The molecule has 0 aliphatic carbocycles. The topological polar surface area (TPSA) is 52.6 Å². The van der Waals surface area contributed by atoms with Gasteiger partial charge in [0, 0.05) is 25.2 Å². The van der Waals surface area contributed by atoms with Crippen molar-refractivity contribution in [2.75, 3.05) is 11.9 Å². The van der Waals surface area contributed by atoms with Crippen LogP contribution in [0.4, 0.5) is 5.69 Å². The lowest BCUT2D eigenvalue weighted by atomic mass is 10.1. The first-order valence-corrected chi connectivity index (χ1v) is 7.34. The Bertz CT molecular complexity index is 460. The van der Waals surface area contributed by atoms with Gasteiger partial charge < -0.3 is 10.4 Å². The smallest absolute Gasteiger partial charge is 0.221 e. The minimum atomic E-state index is -0.258. The summed E-state index contributed by atoms with van der Waals surface area (Å²) in [6.45, 7) is 5.27. The molecule has 1 amide bonds. The summed E-state index contributed by atoms with van der Waals surface area (Å²) < 4.78 is 0. The molecule has 1 fully saturated rings. The first-order valence-electron chi connectivity index (χ1n) is 7.34. The van der Waals surface area contributed by atoms with Crippen molar-refractivity contribution in [2.24, 2.45) is 0 Å². The maximum absolute atomic E-state index is 11.3. The second-order valence-corrected chi connectivity index (χ2v) is 5.69. The highest BCUT2D eigenvalue weighted by molar-refractivity contribution is 5.89. The Morgan fingerprint density at radius 2 is 2.25 bits per heavy atom. The Morgan fingerprint density at radius 3 is 2.95 bits per heavy atom. The average Bonchev–Trinajstić information content (AvgIpc) is 2.78. The van der Waals surface area contributed by atoms with Crippen LogP contribution in [0.5, 0.6) is 0 Å². The van der Waals surface area contributed by atoms with Crippen molar-refractivity contribution in [3.05, 3.63) is 29.8 Å². The number of carbonyl (C=O) groups excluding carboxylic acids is 1. The number of amides is 1.